The zero-order valence-electron chi connectivity index (χ0n) is 11.4. The van der Waals surface area contributed by atoms with E-state index in [1.54, 1.807) is 19.2 Å². The van der Waals surface area contributed by atoms with Crippen LogP contribution >= 0.6 is 46.6 Å². The molecule has 0 fully saturated rings. The molecule has 0 amide bonds. The Labute approximate surface area is 144 Å². The summed E-state index contributed by atoms with van der Waals surface area (Å²) in [5.74, 6) is 0.475. The maximum atomic E-state index is 11.8. The van der Waals surface area contributed by atoms with E-state index >= 15 is 0 Å². The molecule has 0 unspecified atom stereocenters. The van der Waals surface area contributed by atoms with Crippen LogP contribution in [0.15, 0.2) is 22.0 Å². The lowest BCUT2D eigenvalue weighted by molar-refractivity contribution is 0.817. The smallest absolute Gasteiger partial charge is 0.334 e. The monoisotopic (exact) mass is 374 g/mol. The van der Waals surface area contributed by atoms with E-state index in [2.05, 4.69) is 15.0 Å². The normalized spacial score (nSPS) is 11.3. The number of nitrogens with zero attached hydrogens (tertiary/aromatic N) is 3. The Morgan fingerprint density at radius 2 is 1.95 bits per heavy atom. The molecule has 2 heterocycles. The highest BCUT2D eigenvalue weighted by Crippen LogP contribution is 2.36. The molecule has 3 aromatic rings. The lowest BCUT2D eigenvalue weighted by Crippen LogP contribution is -2.20. The van der Waals surface area contributed by atoms with Crippen molar-refractivity contribution in [1.29, 1.82) is 0 Å². The summed E-state index contributed by atoms with van der Waals surface area (Å²) in [7, 11) is 1.61. The Morgan fingerprint density at radius 3 is 2.64 bits per heavy atom. The topological polar surface area (TPSA) is 63.6 Å². The Kier molecular flexibility index (Phi) is 4.11. The van der Waals surface area contributed by atoms with Gasteiger partial charge in [-0.05, 0) is 18.4 Å². The summed E-state index contributed by atoms with van der Waals surface area (Å²) in [6, 6.07) is 3.22. The van der Waals surface area contributed by atoms with Crippen molar-refractivity contribution < 1.29 is 0 Å². The van der Waals surface area contributed by atoms with Gasteiger partial charge in [-0.3, -0.25) is 4.57 Å². The molecular weight excluding hydrogens is 367 g/mol. The molecule has 0 saturated carbocycles. The number of hydrogen-bond acceptors (Lipinski definition) is 4. The molecule has 0 aliphatic rings. The van der Waals surface area contributed by atoms with E-state index in [-0.39, 0.29) is 5.69 Å². The van der Waals surface area contributed by atoms with Gasteiger partial charge in [0.15, 0.2) is 5.65 Å². The van der Waals surface area contributed by atoms with Crippen LogP contribution in [0, 0.1) is 0 Å². The van der Waals surface area contributed by atoms with Crippen LogP contribution in [-0.4, -0.2) is 25.8 Å². The van der Waals surface area contributed by atoms with Crippen LogP contribution < -0.4 is 5.69 Å². The van der Waals surface area contributed by atoms with Gasteiger partial charge in [0.25, 0.3) is 0 Å². The Hall–Kier alpha value is -1.21. The highest BCUT2D eigenvalue weighted by atomic mass is 35.5. The van der Waals surface area contributed by atoms with Crippen molar-refractivity contribution in [3.63, 3.8) is 0 Å². The van der Waals surface area contributed by atoms with Gasteiger partial charge in [0.1, 0.15) is 16.4 Å². The van der Waals surface area contributed by atoms with Crippen molar-refractivity contribution in [3.05, 3.63) is 37.7 Å². The fourth-order valence-electron chi connectivity index (χ4n) is 2.07. The van der Waals surface area contributed by atoms with Gasteiger partial charge in [0, 0.05) is 17.6 Å². The van der Waals surface area contributed by atoms with Crippen molar-refractivity contribution >= 4 is 57.7 Å². The first-order valence-corrected chi connectivity index (χ1v) is 8.44. The minimum Gasteiger partial charge on any atom is -0.334 e. The number of hydrogen-bond donors (Lipinski definition) is 1. The number of thioether (sulfide) groups is 1. The summed E-state index contributed by atoms with van der Waals surface area (Å²) in [6.07, 6.45) is 1.84. The summed E-state index contributed by atoms with van der Waals surface area (Å²) >= 11 is 19.7. The molecule has 2 aromatic heterocycles. The summed E-state index contributed by atoms with van der Waals surface area (Å²) in [5.41, 5.74) is 1.35. The molecule has 0 atom stereocenters. The molecular formula is C13H9Cl3N4OS. The molecule has 9 heteroatoms. The number of nitrogens with one attached hydrogen (secondary N) is 1. The highest BCUT2D eigenvalue weighted by Gasteiger charge is 2.17. The molecule has 0 spiro atoms. The predicted octanol–water partition coefficient (Wildman–Crippen LogP) is 4.01. The van der Waals surface area contributed by atoms with Crippen molar-refractivity contribution in [2.45, 2.75) is 5.03 Å². The van der Waals surface area contributed by atoms with Crippen molar-refractivity contribution in [3.8, 4) is 11.4 Å². The Balaban J connectivity index is 2.35. The van der Waals surface area contributed by atoms with Gasteiger partial charge < -0.3 is 4.98 Å². The molecule has 3 rings (SSSR count). The first-order valence-electron chi connectivity index (χ1n) is 6.08. The largest absolute Gasteiger partial charge is 0.350 e. The minimum absolute atomic E-state index is 0.335. The number of rotatable bonds is 2. The molecule has 22 heavy (non-hydrogen) atoms. The lowest BCUT2D eigenvalue weighted by atomic mass is 10.2. The molecule has 0 aliphatic carbocycles. The van der Waals surface area contributed by atoms with Gasteiger partial charge in [-0.1, -0.05) is 34.8 Å². The minimum atomic E-state index is -0.370. The van der Waals surface area contributed by atoms with Gasteiger partial charge >= 0.3 is 5.69 Å². The summed E-state index contributed by atoms with van der Waals surface area (Å²) in [5, 5.41) is 1.69. The standard InChI is InChI=1S/C13H9Cl3N4OS/c1-20-11-9(12(22-2)19-13(20)21)17-10(18-11)6-3-5(14)4-7(15)8(6)16/h3-4H,1-2H3,(H,17,18). The molecule has 5 nitrogen and oxygen atoms in total. The molecule has 0 aliphatic heterocycles. The zero-order valence-corrected chi connectivity index (χ0v) is 14.5. The summed E-state index contributed by atoms with van der Waals surface area (Å²) < 4.78 is 1.37. The van der Waals surface area contributed by atoms with Gasteiger partial charge in [0.2, 0.25) is 0 Å². The molecule has 1 aromatic carbocycles. The Bertz CT molecular complexity index is 951. The molecule has 0 saturated heterocycles. The lowest BCUT2D eigenvalue weighted by Gasteiger charge is -2.03. The molecule has 0 radical (unpaired) electrons. The second kappa shape index (κ2) is 5.77. The van der Waals surface area contributed by atoms with Gasteiger partial charge in [-0.15, -0.1) is 11.8 Å². The van der Waals surface area contributed by atoms with Crippen LogP contribution in [0.1, 0.15) is 0 Å². The third-order valence-electron chi connectivity index (χ3n) is 3.14. The van der Waals surface area contributed by atoms with Crippen LogP contribution in [0.2, 0.25) is 15.1 Å². The van der Waals surface area contributed by atoms with E-state index in [0.717, 1.165) is 0 Å². The number of halogens is 3. The van der Waals surface area contributed by atoms with E-state index in [1.165, 1.54) is 16.3 Å². The van der Waals surface area contributed by atoms with Crippen molar-refractivity contribution in [2.24, 2.45) is 7.05 Å². The second-order valence-corrected chi connectivity index (χ2v) is 6.51. The summed E-state index contributed by atoms with van der Waals surface area (Å²) in [4.78, 5) is 23.4. The van der Waals surface area contributed by atoms with Gasteiger partial charge in [-0.25, -0.2) is 9.78 Å². The predicted molar refractivity (Wildman–Crippen MR) is 91.4 cm³/mol. The van der Waals surface area contributed by atoms with E-state index in [9.17, 15) is 4.79 Å². The van der Waals surface area contributed by atoms with Crippen LogP contribution in [0.3, 0.4) is 0 Å². The number of aryl methyl sites for hydroxylation is 1. The van der Waals surface area contributed by atoms with Gasteiger partial charge in [-0.2, -0.15) is 4.98 Å². The molecule has 1 N–H and O–H groups in total. The fraction of sp³-hybridized carbons (Fsp3) is 0.154. The van der Waals surface area contributed by atoms with Crippen LogP contribution in [0.4, 0.5) is 0 Å². The average Bonchev–Trinajstić information content (AvgIpc) is 2.92. The van der Waals surface area contributed by atoms with Crippen LogP contribution in [0.25, 0.3) is 22.6 Å². The first kappa shape index (κ1) is 15.7. The number of aromatic amines is 1. The zero-order chi connectivity index (χ0) is 16.0. The number of imidazole rings is 1. The van der Waals surface area contributed by atoms with E-state index in [0.29, 0.717) is 42.6 Å². The quantitative estimate of drug-likeness (QED) is 0.418. The highest BCUT2D eigenvalue weighted by molar-refractivity contribution is 7.98. The van der Waals surface area contributed by atoms with E-state index in [4.69, 9.17) is 34.8 Å². The van der Waals surface area contributed by atoms with E-state index in [1.807, 2.05) is 6.26 Å². The molecule has 114 valence electrons. The van der Waals surface area contributed by atoms with Gasteiger partial charge in [0.05, 0.1) is 10.0 Å². The maximum Gasteiger partial charge on any atom is 0.350 e. The number of aromatic nitrogens is 4. The summed E-state index contributed by atoms with van der Waals surface area (Å²) in [6.45, 7) is 0. The first-order chi connectivity index (χ1) is 10.4. The van der Waals surface area contributed by atoms with Crippen molar-refractivity contribution in [1.82, 2.24) is 19.5 Å². The number of benzene rings is 1. The van der Waals surface area contributed by atoms with Crippen LogP contribution in [-0.2, 0) is 7.05 Å². The number of fused-ring (bicyclic) bond motifs is 1. The van der Waals surface area contributed by atoms with E-state index < -0.39 is 0 Å². The molecule has 0 bridgehead atoms. The maximum absolute atomic E-state index is 11.8. The van der Waals surface area contributed by atoms with Crippen molar-refractivity contribution in [2.75, 3.05) is 6.26 Å². The Morgan fingerprint density at radius 1 is 1.23 bits per heavy atom. The third-order valence-corrected chi connectivity index (χ3v) is 4.84. The average molecular weight is 376 g/mol. The van der Waals surface area contributed by atoms with Crippen LogP contribution in [0.5, 0.6) is 0 Å². The second-order valence-electron chi connectivity index (χ2n) is 4.50. The fourth-order valence-corrected chi connectivity index (χ4v) is 3.28. The number of H-pyrrole nitrogens is 1. The SMILES string of the molecule is CSc1nc(=O)n(C)c2nc(-c3cc(Cl)cc(Cl)c3Cl)[nH]c12. The third kappa shape index (κ3) is 2.50.